The van der Waals surface area contributed by atoms with Crippen molar-refractivity contribution in [2.24, 2.45) is 4.99 Å². The number of hydrogen-bond donors (Lipinski definition) is 2. The van der Waals surface area contributed by atoms with Crippen LogP contribution in [0.15, 0.2) is 29.3 Å². The highest BCUT2D eigenvalue weighted by atomic mass is 16.5. The summed E-state index contributed by atoms with van der Waals surface area (Å²) in [5, 5.41) is 6.85. The Hall–Kier alpha value is -1.63. The lowest BCUT2D eigenvalue weighted by Gasteiger charge is -2.35. The quantitative estimate of drug-likeness (QED) is 0.369. The Morgan fingerprint density at radius 3 is 2.33 bits per heavy atom. The number of benzene rings is 1. The van der Waals surface area contributed by atoms with E-state index >= 15 is 0 Å². The zero-order valence-electron chi connectivity index (χ0n) is 19.2. The first-order valence-electron chi connectivity index (χ1n) is 11.8. The standard InChI is InChI=1S/C24H41N5O/c1-4-25-24(26-12-7-15-29-17-20(2)30-21(3)18-29)27-16-22-8-10-23(11-9-22)19-28-13-5-6-14-28/h8-11,20-21H,4-7,12-19H2,1-3H3,(H2,25,26,27). The lowest BCUT2D eigenvalue weighted by atomic mass is 10.1. The molecule has 30 heavy (non-hydrogen) atoms. The molecule has 2 unspecified atom stereocenters. The fourth-order valence-electron chi connectivity index (χ4n) is 4.44. The minimum atomic E-state index is 0.335. The van der Waals surface area contributed by atoms with Gasteiger partial charge in [0, 0.05) is 39.3 Å². The van der Waals surface area contributed by atoms with Crippen LogP contribution in [0.1, 0.15) is 51.2 Å². The molecule has 6 heteroatoms. The van der Waals surface area contributed by atoms with Crippen LogP contribution in [0, 0.1) is 0 Å². The van der Waals surface area contributed by atoms with Gasteiger partial charge in [-0.3, -0.25) is 9.80 Å². The molecule has 2 saturated heterocycles. The summed E-state index contributed by atoms with van der Waals surface area (Å²) in [4.78, 5) is 9.82. The van der Waals surface area contributed by atoms with Gasteiger partial charge in [0.25, 0.3) is 0 Å². The van der Waals surface area contributed by atoms with Crippen LogP contribution in [0.4, 0.5) is 0 Å². The summed E-state index contributed by atoms with van der Waals surface area (Å²) in [5.74, 6) is 0.905. The number of aliphatic imine (C=N–C) groups is 1. The van der Waals surface area contributed by atoms with Crippen LogP contribution >= 0.6 is 0 Å². The second-order valence-electron chi connectivity index (χ2n) is 8.79. The molecule has 168 valence electrons. The molecule has 2 aliphatic heterocycles. The Kier molecular flexibility index (Phi) is 9.43. The van der Waals surface area contributed by atoms with Gasteiger partial charge in [-0.05, 0) is 64.3 Å². The molecule has 1 aromatic rings. The second-order valence-corrected chi connectivity index (χ2v) is 8.79. The van der Waals surface area contributed by atoms with Crippen LogP contribution in [0.2, 0.25) is 0 Å². The predicted octanol–water partition coefficient (Wildman–Crippen LogP) is 2.84. The number of hydrogen-bond acceptors (Lipinski definition) is 4. The molecule has 3 rings (SSSR count). The Labute approximate surface area is 183 Å². The Morgan fingerprint density at radius 2 is 1.67 bits per heavy atom. The first-order valence-corrected chi connectivity index (χ1v) is 11.8. The number of nitrogens with zero attached hydrogens (tertiary/aromatic N) is 3. The van der Waals surface area contributed by atoms with Crippen LogP contribution in [0.5, 0.6) is 0 Å². The molecule has 0 amide bonds. The largest absolute Gasteiger partial charge is 0.373 e. The van der Waals surface area contributed by atoms with Crippen LogP contribution in [0.25, 0.3) is 0 Å². The van der Waals surface area contributed by atoms with E-state index in [9.17, 15) is 0 Å². The summed E-state index contributed by atoms with van der Waals surface area (Å²) in [6.07, 6.45) is 4.47. The van der Waals surface area contributed by atoms with Gasteiger partial charge in [0.2, 0.25) is 0 Å². The molecule has 0 aliphatic carbocycles. The summed E-state index contributed by atoms with van der Waals surface area (Å²) >= 11 is 0. The fraction of sp³-hybridized carbons (Fsp3) is 0.708. The highest BCUT2D eigenvalue weighted by molar-refractivity contribution is 5.79. The van der Waals surface area contributed by atoms with E-state index in [2.05, 4.69) is 65.5 Å². The average molecular weight is 416 g/mol. The van der Waals surface area contributed by atoms with Gasteiger partial charge in [-0.2, -0.15) is 0 Å². The SMILES string of the molecule is CCNC(=NCc1ccc(CN2CCCC2)cc1)NCCCN1CC(C)OC(C)C1. The first kappa shape index (κ1) is 23.0. The minimum Gasteiger partial charge on any atom is -0.373 e. The van der Waals surface area contributed by atoms with Crippen molar-refractivity contribution in [2.75, 3.05) is 45.8 Å². The Morgan fingerprint density at radius 1 is 1.00 bits per heavy atom. The zero-order chi connectivity index (χ0) is 21.2. The van der Waals surface area contributed by atoms with Gasteiger partial charge in [-0.15, -0.1) is 0 Å². The van der Waals surface area contributed by atoms with Crippen LogP contribution in [-0.4, -0.2) is 73.8 Å². The van der Waals surface area contributed by atoms with Gasteiger partial charge in [0.05, 0.1) is 18.8 Å². The molecule has 2 heterocycles. The van der Waals surface area contributed by atoms with E-state index in [1.165, 1.54) is 37.1 Å². The second kappa shape index (κ2) is 12.3. The molecule has 0 spiro atoms. The molecular weight excluding hydrogens is 374 g/mol. The fourth-order valence-corrected chi connectivity index (χ4v) is 4.44. The molecule has 0 aromatic heterocycles. The summed E-state index contributed by atoms with van der Waals surface area (Å²) < 4.78 is 5.82. The van der Waals surface area contributed by atoms with Crippen molar-refractivity contribution in [3.8, 4) is 0 Å². The third-order valence-corrected chi connectivity index (χ3v) is 5.83. The molecule has 0 radical (unpaired) electrons. The van der Waals surface area contributed by atoms with Gasteiger partial charge in [-0.1, -0.05) is 24.3 Å². The normalized spacial score (nSPS) is 23.6. The van der Waals surface area contributed by atoms with E-state index in [0.29, 0.717) is 18.8 Å². The number of guanidine groups is 1. The molecule has 2 N–H and O–H groups in total. The van der Waals surface area contributed by atoms with Gasteiger partial charge < -0.3 is 15.4 Å². The topological polar surface area (TPSA) is 52.1 Å². The molecule has 2 fully saturated rings. The first-order chi connectivity index (χ1) is 14.6. The smallest absolute Gasteiger partial charge is 0.191 e. The molecule has 1 aromatic carbocycles. The van der Waals surface area contributed by atoms with E-state index in [0.717, 1.165) is 51.6 Å². The maximum atomic E-state index is 5.82. The molecule has 6 nitrogen and oxygen atoms in total. The van der Waals surface area contributed by atoms with Crippen molar-refractivity contribution in [1.82, 2.24) is 20.4 Å². The number of rotatable bonds is 9. The van der Waals surface area contributed by atoms with Gasteiger partial charge in [-0.25, -0.2) is 4.99 Å². The predicted molar refractivity (Wildman–Crippen MR) is 125 cm³/mol. The van der Waals surface area contributed by atoms with Crippen LogP contribution in [0.3, 0.4) is 0 Å². The van der Waals surface area contributed by atoms with E-state index in [4.69, 9.17) is 9.73 Å². The lowest BCUT2D eigenvalue weighted by molar-refractivity contribution is -0.0679. The van der Waals surface area contributed by atoms with Crippen LogP contribution in [-0.2, 0) is 17.8 Å². The van der Waals surface area contributed by atoms with Gasteiger partial charge in [0.1, 0.15) is 0 Å². The van der Waals surface area contributed by atoms with Crippen molar-refractivity contribution in [1.29, 1.82) is 0 Å². The average Bonchev–Trinajstić information content (AvgIpc) is 3.23. The van der Waals surface area contributed by atoms with Gasteiger partial charge >= 0.3 is 0 Å². The summed E-state index contributed by atoms with van der Waals surface area (Å²) in [6, 6.07) is 8.96. The third kappa shape index (κ3) is 7.89. The third-order valence-electron chi connectivity index (χ3n) is 5.83. The van der Waals surface area contributed by atoms with Crippen LogP contribution < -0.4 is 10.6 Å². The van der Waals surface area contributed by atoms with Crippen molar-refractivity contribution < 1.29 is 4.74 Å². The minimum absolute atomic E-state index is 0.335. The molecule has 2 aliphatic rings. The maximum absolute atomic E-state index is 5.82. The molecule has 0 bridgehead atoms. The molecular formula is C24H41N5O. The molecule has 2 atom stereocenters. The van der Waals surface area contributed by atoms with Crippen molar-refractivity contribution in [2.45, 2.75) is 65.3 Å². The van der Waals surface area contributed by atoms with E-state index in [-0.39, 0.29) is 0 Å². The molecule has 0 saturated carbocycles. The summed E-state index contributed by atoms with van der Waals surface area (Å²) in [5.41, 5.74) is 2.66. The van der Waals surface area contributed by atoms with Gasteiger partial charge in [0.15, 0.2) is 5.96 Å². The Balaban J connectivity index is 1.40. The maximum Gasteiger partial charge on any atom is 0.191 e. The Bertz CT molecular complexity index is 632. The highest BCUT2D eigenvalue weighted by Gasteiger charge is 2.21. The lowest BCUT2D eigenvalue weighted by Crippen LogP contribution is -2.46. The van der Waals surface area contributed by atoms with E-state index in [1.807, 2.05) is 0 Å². The van der Waals surface area contributed by atoms with Crippen molar-refractivity contribution in [3.63, 3.8) is 0 Å². The van der Waals surface area contributed by atoms with Crippen molar-refractivity contribution >= 4 is 5.96 Å². The number of ether oxygens (including phenoxy) is 1. The van der Waals surface area contributed by atoms with E-state index < -0.39 is 0 Å². The number of likely N-dealkylation sites (tertiary alicyclic amines) is 1. The summed E-state index contributed by atoms with van der Waals surface area (Å²) in [6.45, 7) is 15.7. The number of morpholine rings is 1. The number of nitrogens with one attached hydrogen (secondary N) is 2. The highest BCUT2D eigenvalue weighted by Crippen LogP contribution is 2.14. The van der Waals surface area contributed by atoms with E-state index in [1.54, 1.807) is 0 Å². The summed E-state index contributed by atoms with van der Waals surface area (Å²) in [7, 11) is 0. The zero-order valence-corrected chi connectivity index (χ0v) is 19.2. The monoisotopic (exact) mass is 415 g/mol. The van der Waals surface area contributed by atoms with Crippen molar-refractivity contribution in [3.05, 3.63) is 35.4 Å².